The molecule has 1 unspecified atom stereocenters. The Morgan fingerprint density at radius 2 is 2.07 bits per heavy atom. The summed E-state index contributed by atoms with van der Waals surface area (Å²) in [6.07, 6.45) is 4.13. The lowest BCUT2D eigenvalue weighted by molar-refractivity contribution is -0.135. The van der Waals surface area contributed by atoms with Gasteiger partial charge in [0.15, 0.2) is 0 Å². The van der Waals surface area contributed by atoms with Crippen molar-refractivity contribution in [1.82, 2.24) is 24.9 Å². The number of piperazine rings is 1. The first-order valence-corrected chi connectivity index (χ1v) is 9.54. The number of amides is 1. The van der Waals surface area contributed by atoms with E-state index in [4.69, 9.17) is 0 Å². The Kier molecular flexibility index (Phi) is 6.52. The summed E-state index contributed by atoms with van der Waals surface area (Å²) in [5.74, 6) is 0.244. The van der Waals surface area contributed by atoms with Crippen LogP contribution in [0, 0.1) is 6.92 Å². The third-order valence-electron chi connectivity index (χ3n) is 5.50. The Morgan fingerprint density at radius 3 is 2.89 bits per heavy atom. The van der Waals surface area contributed by atoms with Crippen LogP contribution in [0.3, 0.4) is 0 Å². The molecule has 0 aliphatic carbocycles. The number of carbonyl (C=O) groups is 1. The minimum Gasteiger partial charge on any atom is -0.336 e. The summed E-state index contributed by atoms with van der Waals surface area (Å²) in [6.45, 7) is 7.23. The molecule has 0 saturated carbocycles. The van der Waals surface area contributed by atoms with Gasteiger partial charge in [-0.3, -0.25) is 9.69 Å². The van der Waals surface area contributed by atoms with Gasteiger partial charge in [0.25, 0.3) is 0 Å². The quantitative estimate of drug-likeness (QED) is 0.869. The molecule has 146 valence electrons. The third-order valence-corrected chi connectivity index (χ3v) is 5.50. The number of aromatic nitrogens is 2. The summed E-state index contributed by atoms with van der Waals surface area (Å²) in [5.41, 5.74) is 3.56. The van der Waals surface area contributed by atoms with Gasteiger partial charge in [0.05, 0.1) is 17.9 Å². The lowest BCUT2D eigenvalue weighted by atomic mass is 10.0. The number of nitrogens with one attached hydrogen (secondary N) is 1. The molecule has 2 aromatic rings. The Bertz CT molecular complexity index is 777. The first-order chi connectivity index (χ1) is 12.7. The number of benzene rings is 1. The van der Waals surface area contributed by atoms with Crippen LogP contribution in [0.4, 0.5) is 0 Å². The average Bonchev–Trinajstić information content (AvgIpc) is 3.10. The summed E-state index contributed by atoms with van der Waals surface area (Å²) in [5, 5.41) is 7.72. The number of hydrogen-bond donors (Lipinski definition) is 1. The number of para-hydroxylation sites is 1. The molecule has 1 aromatic carbocycles. The summed E-state index contributed by atoms with van der Waals surface area (Å²) in [4.78, 5) is 16.8. The van der Waals surface area contributed by atoms with E-state index in [1.165, 1.54) is 11.3 Å². The van der Waals surface area contributed by atoms with Gasteiger partial charge in [0.2, 0.25) is 5.91 Å². The Morgan fingerprint density at radius 1 is 1.22 bits per heavy atom. The topological polar surface area (TPSA) is 53.4 Å². The number of carbonyl (C=O) groups excluding carboxylic acids is 1. The number of aryl methyl sites for hydroxylation is 1. The van der Waals surface area contributed by atoms with Gasteiger partial charge in [0.1, 0.15) is 0 Å². The maximum Gasteiger partial charge on any atom is 0.236 e. The largest absolute Gasteiger partial charge is 0.336 e. The van der Waals surface area contributed by atoms with Crippen LogP contribution in [0.25, 0.3) is 5.69 Å². The predicted octanol–water partition coefficient (Wildman–Crippen LogP) is 2.00. The second kappa shape index (κ2) is 8.87. The van der Waals surface area contributed by atoms with Crippen molar-refractivity contribution in [3.05, 3.63) is 47.8 Å². The van der Waals surface area contributed by atoms with Crippen LogP contribution in [0.5, 0.6) is 0 Å². The van der Waals surface area contributed by atoms with Crippen LogP contribution in [-0.4, -0.2) is 64.3 Å². The van der Waals surface area contributed by atoms with Gasteiger partial charge in [0, 0.05) is 38.4 Å². The Labute approximate surface area is 166 Å². The molecule has 1 aromatic heterocycles. The maximum absolute atomic E-state index is 12.2. The molecule has 6 nitrogen and oxygen atoms in total. The van der Waals surface area contributed by atoms with Crippen molar-refractivity contribution >= 4 is 18.3 Å². The highest BCUT2D eigenvalue weighted by molar-refractivity contribution is 5.85. The zero-order valence-corrected chi connectivity index (χ0v) is 16.6. The Balaban J connectivity index is 0.00000210. The average molecular weight is 390 g/mol. The van der Waals surface area contributed by atoms with Gasteiger partial charge in [-0.15, -0.1) is 12.4 Å². The van der Waals surface area contributed by atoms with Gasteiger partial charge in [-0.1, -0.05) is 18.2 Å². The molecule has 1 N–H and O–H groups in total. The lowest BCUT2D eigenvalue weighted by Gasteiger charge is -2.41. The molecular weight excluding hydrogens is 362 g/mol. The van der Waals surface area contributed by atoms with Crippen molar-refractivity contribution in [3.63, 3.8) is 0 Å². The molecule has 0 bridgehead atoms. The summed E-state index contributed by atoms with van der Waals surface area (Å²) >= 11 is 0. The van der Waals surface area contributed by atoms with Gasteiger partial charge >= 0.3 is 0 Å². The monoisotopic (exact) mass is 389 g/mol. The molecule has 0 spiro atoms. The van der Waals surface area contributed by atoms with Gasteiger partial charge < -0.3 is 10.2 Å². The van der Waals surface area contributed by atoms with Crippen molar-refractivity contribution in [2.45, 2.75) is 32.4 Å². The van der Waals surface area contributed by atoms with Crippen molar-refractivity contribution < 1.29 is 4.79 Å². The van der Waals surface area contributed by atoms with Crippen molar-refractivity contribution in [3.8, 4) is 5.69 Å². The number of halogens is 1. The highest BCUT2D eigenvalue weighted by Crippen LogP contribution is 2.21. The SMILES string of the molecule is Cc1ccccc1-n1nccc1CN1CCCC(N2CCNCC2=O)C1.Cl. The first kappa shape index (κ1) is 19.9. The standard InChI is InChI=1S/C20H27N5O.ClH/c1-16-5-2-3-7-19(16)25-18(8-9-22-25)15-23-11-4-6-17(14-23)24-12-10-21-13-20(24)26;/h2-3,5,7-9,17,21H,4,6,10-15H2,1H3;1H. The molecule has 2 aliphatic rings. The minimum atomic E-state index is 0. The van der Waals surface area contributed by atoms with Crippen LogP contribution in [0.2, 0.25) is 0 Å². The van der Waals surface area contributed by atoms with E-state index in [9.17, 15) is 4.79 Å². The van der Waals surface area contributed by atoms with E-state index in [1.54, 1.807) is 0 Å². The molecule has 0 radical (unpaired) electrons. The van der Waals surface area contributed by atoms with Gasteiger partial charge in [-0.05, 0) is 44.0 Å². The summed E-state index contributed by atoms with van der Waals surface area (Å²) in [7, 11) is 0. The highest BCUT2D eigenvalue weighted by atomic mass is 35.5. The van der Waals surface area contributed by atoms with Crippen LogP contribution in [0.15, 0.2) is 36.5 Å². The van der Waals surface area contributed by atoms with Crippen LogP contribution in [0.1, 0.15) is 24.1 Å². The molecular formula is C20H28ClN5O. The zero-order chi connectivity index (χ0) is 17.9. The minimum absolute atomic E-state index is 0. The van der Waals surface area contributed by atoms with Crippen molar-refractivity contribution in [1.29, 1.82) is 0 Å². The smallest absolute Gasteiger partial charge is 0.236 e. The van der Waals surface area contributed by atoms with Gasteiger partial charge in [-0.2, -0.15) is 5.10 Å². The normalized spacial score (nSPS) is 21.1. The molecule has 1 amide bonds. The van der Waals surface area contributed by atoms with E-state index < -0.39 is 0 Å². The predicted molar refractivity (Wildman–Crippen MR) is 108 cm³/mol. The van der Waals surface area contributed by atoms with Gasteiger partial charge in [-0.25, -0.2) is 4.68 Å². The van der Waals surface area contributed by atoms with E-state index in [2.05, 4.69) is 62.2 Å². The van der Waals surface area contributed by atoms with Crippen molar-refractivity contribution in [2.24, 2.45) is 0 Å². The number of piperidine rings is 1. The fraction of sp³-hybridized carbons (Fsp3) is 0.500. The fourth-order valence-electron chi connectivity index (χ4n) is 4.13. The molecule has 2 saturated heterocycles. The second-order valence-electron chi connectivity index (χ2n) is 7.32. The third kappa shape index (κ3) is 4.34. The molecule has 3 heterocycles. The lowest BCUT2D eigenvalue weighted by Crippen LogP contribution is -2.56. The fourth-order valence-corrected chi connectivity index (χ4v) is 4.13. The molecule has 4 rings (SSSR count). The Hall–Kier alpha value is -1.89. The summed E-state index contributed by atoms with van der Waals surface area (Å²) < 4.78 is 2.05. The molecule has 2 fully saturated rings. The van der Waals surface area contributed by atoms with E-state index in [0.29, 0.717) is 12.6 Å². The number of hydrogen-bond acceptors (Lipinski definition) is 4. The van der Waals surface area contributed by atoms with Crippen molar-refractivity contribution in [2.75, 3.05) is 32.7 Å². The number of rotatable bonds is 4. The molecule has 1 atom stereocenters. The molecule has 2 aliphatic heterocycles. The number of likely N-dealkylation sites (tertiary alicyclic amines) is 1. The maximum atomic E-state index is 12.2. The van der Waals surface area contributed by atoms with Crippen LogP contribution < -0.4 is 5.32 Å². The van der Waals surface area contributed by atoms with E-state index in [0.717, 1.165) is 51.3 Å². The summed E-state index contributed by atoms with van der Waals surface area (Å²) in [6, 6.07) is 10.8. The first-order valence-electron chi connectivity index (χ1n) is 9.54. The van der Waals surface area contributed by atoms with E-state index >= 15 is 0 Å². The number of nitrogens with zero attached hydrogens (tertiary/aromatic N) is 4. The molecule has 27 heavy (non-hydrogen) atoms. The highest BCUT2D eigenvalue weighted by Gasteiger charge is 2.30. The van der Waals surface area contributed by atoms with Crippen LogP contribution in [-0.2, 0) is 11.3 Å². The zero-order valence-electron chi connectivity index (χ0n) is 15.8. The van der Waals surface area contributed by atoms with E-state index in [-0.39, 0.29) is 18.3 Å². The second-order valence-corrected chi connectivity index (χ2v) is 7.32. The van der Waals surface area contributed by atoms with E-state index in [1.807, 2.05) is 6.20 Å². The van der Waals surface area contributed by atoms with Crippen LogP contribution >= 0.6 is 12.4 Å². The molecule has 7 heteroatoms.